The lowest BCUT2D eigenvalue weighted by molar-refractivity contribution is -0.131. The highest BCUT2D eigenvalue weighted by Gasteiger charge is 2.31. The molecule has 23 heavy (non-hydrogen) atoms. The molecule has 6 heteroatoms. The average Bonchev–Trinajstić information content (AvgIpc) is 2.46. The van der Waals surface area contributed by atoms with Crippen molar-refractivity contribution in [2.75, 3.05) is 0 Å². The van der Waals surface area contributed by atoms with Gasteiger partial charge in [0.25, 0.3) is 0 Å². The zero-order valence-corrected chi connectivity index (χ0v) is 12.3. The van der Waals surface area contributed by atoms with Crippen LogP contribution in [0.1, 0.15) is 35.4 Å². The first-order valence-electron chi connectivity index (χ1n) is 6.98. The van der Waals surface area contributed by atoms with E-state index in [0.717, 1.165) is 5.56 Å². The Bertz CT molecular complexity index is 778. The molecule has 2 aromatic rings. The normalized spacial score (nSPS) is 16.4. The highest BCUT2D eigenvalue weighted by atomic mass is 16.5. The fourth-order valence-corrected chi connectivity index (χ4v) is 2.52. The minimum absolute atomic E-state index is 0.0124. The van der Waals surface area contributed by atoms with Crippen molar-refractivity contribution >= 4 is 11.8 Å². The van der Waals surface area contributed by atoms with Crippen molar-refractivity contribution in [2.45, 2.75) is 19.4 Å². The maximum Gasteiger partial charge on any atom is 0.308 e. The topological polar surface area (TPSA) is 93.1 Å². The molecule has 0 amide bonds. The molecule has 1 atom stereocenters. The van der Waals surface area contributed by atoms with Crippen LogP contribution in [0.5, 0.6) is 23.0 Å². The van der Waals surface area contributed by atoms with Crippen molar-refractivity contribution < 1.29 is 29.3 Å². The Kier molecular flexibility index (Phi) is 3.65. The Morgan fingerprint density at radius 2 is 1.87 bits per heavy atom. The SMILES string of the molecule is CC(=O)Oc1cc(O)cc2c1C(=O)CC(c1ccc(O)cc1)O2. The molecular formula is C17H14O6. The minimum atomic E-state index is -0.591. The van der Waals surface area contributed by atoms with Crippen LogP contribution < -0.4 is 9.47 Å². The number of carbonyl (C=O) groups is 2. The van der Waals surface area contributed by atoms with E-state index in [1.54, 1.807) is 12.1 Å². The summed E-state index contributed by atoms with van der Waals surface area (Å²) in [6.07, 6.45) is -0.473. The molecule has 2 aromatic carbocycles. The molecule has 0 saturated carbocycles. The van der Waals surface area contributed by atoms with Gasteiger partial charge in [-0.1, -0.05) is 12.1 Å². The molecule has 0 aromatic heterocycles. The summed E-state index contributed by atoms with van der Waals surface area (Å²) in [4.78, 5) is 23.6. The number of esters is 1. The smallest absolute Gasteiger partial charge is 0.308 e. The van der Waals surface area contributed by atoms with E-state index in [1.807, 2.05) is 0 Å². The fraction of sp³-hybridized carbons (Fsp3) is 0.176. The van der Waals surface area contributed by atoms with Gasteiger partial charge in [-0.05, 0) is 17.7 Å². The zero-order chi connectivity index (χ0) is 16.6. The predicted molar refractivity (Wildman–Crippen MR) is 79.8 cm³/mol. The monoisotopic (exact) mass is 314 g/mol. The second-order valence-electron chi connectivity index (χ2n) is 5.24. The van der Waals surface area contributed by atoms with Crippen LogP contribution in [0.15, 0.2) is 36.4 Å². The second kappa shape index (κ2) is 5.64. The van der Waals surface area contributed by atoms with Gasteiger partial charge in [-0.25, -0.2) is 0 Å². The lowest BCUT2D eigenvalue weighted by atomic mass is 9.95. The van der Waals surface area contributed by atoms with E-state index >= 15 is 0 Å². The van der Waals surface area contributed by atoms with Gasteiger partial charge in [0.1, 0.15) is 34.7 Å². The summed E-state index contributed by atoms with van der Waals surface area (Å²) in [5, 5.41) is 19.1. The Morgan fingerprint density at radius 1 is 1.17 bits per heavy atom. The quantitative estimate of drug-likeness (QED) is 0.654. The number of ether oxygens (including phenoxy) is 2. The Morgan fingerprint density at radius 3 is 2.52 bits per heavy atom. The molecule has 6 nitrogen and oxygen atoms in total. The van der Waals surface area contributed by atoms with Crippen molar-refractivity contribution in [3.05, 3.63) is 47.5 Å². The zero-order valence-electron chi connectivity index (χ0n) is 12.3. The van der Waals surface area contributed by atoms with Crippen LogP contribution in [-0.4, -0.2) is 22.0 Å². The minimum Gasteiger partial charge on any atom is -0.508 e. The molecule has 2 N–H and O–H groups in total. The lowest BCUT2D eigenvalue weighted by Crippen LogP contribution is -2.21. The molecule has 118 valence electrons. The summed E-state index contributed by atoms with van der Waals surface area (Å²) in [5.41, 5.74) is 0.868. The molecule has 1 aliphatic rings. The van der Waals surface area contributed by atoms with Crippen LogP contribution in [0.3, 0.4) is 0 Å². The van der Waals surface area contributed by atoms with E-state index < -0.39 is 12.1 Å². The number of phenols is 2. The number of carbonyl (C=O) groups excluding carboxylic acids is 2. The van der Waals surface area contributed by atoms with E-state index in [2.05, 4.69) is 0 Å². The van der Waals surface area contributed by atoms with Gasteiger partial charge >= 0.3 is 5.97 Å². The molecule has 0 bridgehead atoms. The van der Waals surface area contributed by atoms with Crippen molar-refractivity contribution in [1.82, 2.24) is 0 Å². The summed E-state index contributed by atoms with van der Waals surface area (Å²) >= 11 is 0. The summed E-state index contributed by atoms with van der Waals surface area (Å²) in [6, 6.07) is 8.86. The van der Waals surface area contributed by atoms with Gasteiger partial charge in [0.05, 0.1) is 6.42 Å². The van der Waals surface area contributed by atoms with Gasteiger partial charge in [-0.3, -0.25) is 9.59 Å². The van der Waals surface area contributed by atoms with Crippen molar-refractivity contribution in [3.63, 3.8) is 0 Å². The van der Waals surface area contributed by atoms with E-state index in [4.69, 9.17) is 9.47 Å². The third kappa shape index (κ3) is 2.96. The van der Waals surface area contributed by atoms with E-state index in [1.165, 1.54) is 31.2 Å². The second-order valence-corrected chi connectivity index (χ2v) is 5.24. The van der Waals surface area contributed by atoms with Crippen LogP contribution in [0.25, 0.3) is 0 Å². The molecule has 1 heterocycles. The highest BCUT2D eigenvalue weighted by Crippen LogP contribution is 2.42. The largest absolute Gasteiger partial charge is 0.508 e. The predicted octanol–water partition coefficient (Wildman–Crippen LogP) is 2.73. The number of phenolic OH excluding ortho intramolecular Hbond substituents is 2. The number of benzene rings is 2. The number of Topliss-reactive ketones (excluding diaryl/α,β-unsaturated/α-hetero) is 1. The molecular weight excluding hydrogens is 300 g/mol. The number of rotatable bonds is 2. The number of aromatic hydroxyl groups is 2. The van der Waals surface area contributed by atoms with Crippen molar-refractivity contribution in [3.8, 4) is 23.0 Å². The standard InChI is InChI=1S/C17H14O6/c1-9(18)22-15-6-12(20)7-16-17(15)13(21)8-14(23-16)10-2-4-11(19)5-3-10/h2-7,14,19-20H,8H2,1H3. The Labute approximate surface area is 131 Å². The number of hydrogen-bond donors (Lipinski definition) is 2. The molecule has 0 spiro atoms. The maximum atomic E-state index is 12.4. The molecule has 0 aliphatic carbocycles. The lowest BCUT2D eigenvalue weighted by Gasteiger charge is -2.26. The first kappa shape index (κ1) is 14.9. The number of hydrogen-bond acceptors (Lipinski definition) is 6. The van der Waals surface area contributed by atoms with Crippen LogP contribution in [0, 0.1) is 0 Å². The molecule has 1 aliphatic heterocycles. The average molecular weight is 314 g/mol. The molecule has 0 radical (unpaired) electrons. The summed E-state index contributed by atoms with van der Waals surface area (Å²) in [7, 11) is 0. The van der Waals surface area contributed by atoms with E-state index in [-0.39, 0.29) is 40.8 Å². The number of fused-ring (bicyclic) bond motifs is 1. The van der Waals surface area contributed by atoms with Gasteiger partial charge in [-0.15, -0.1) is 0 Å². The Balaban J connectivity index is 2.00. The number of ketones is 1. The Hall–Kier alpha value is -3.02. The van der Waals surface area contributed by atoms with Crippen LogP contribution in [0.4, 0.5) is 0 Å². The fourth-order valence-electron chi connectivity index (χ4n) is 2.52. The molecule has 0 fully saturated rings. The summed E-state index contributed by atoms with van der Waals surface area (Å²) in [5.74, 6) is -0.741. The van der Waals surface area contributed by atoms with Crippen LogP contribution in [-0.2, 0) is 4.79 Å². The first-order valence-corrected chi connectivity index (χ1v) is 6.98. The van der Waals surface area contributed by atoms with Crippen molar-refractivity contribution in [2.24, 2.45) is 0 Å². The van der Waals surface area contributed by atoms with Gasteiger partial charge in [0, 0.05) is 19.1 Å². The summed E-state index contributed by atoms with van der Waals surface area (Å²) < 4.78 is 10.8. The molecule has 3 rings (SSSR count). The van der Waals surface area contributed by atoms with Gasteiger partial charge < -0.3 is 19.7 Å². The van der Waals surface area contributed by atoms with Crippen molar-refractivity contribution in [1.29, 1.82) is 0 Å². The van der Waals surface area contributed by atoms with Crippen LogP contribution >= 0.6 is 0 Å². The molecule has 0 saturated heterocycles. The molecule has 1 unspecified atom stereocenters. The van der Waals surface area contributed by atoms with E-state index in [0.29, 0.717) is 0 Å². The van der Waals surface area contributed by atoms with Gasteiger partial charge in [0.2, 0.25) is 0 Å². The van der Waals surface area contributed by atoms with Gasteiger partial charge in [0.15, 0.2) is 5.78 Å². The summed E-state index contributed by atoms with van der Waals surface area (Å²) in [6.45, 7) is 1.21. The maximum absolute atomic E-state index is 12.4. The van der Waals surface area contributed by atoms with Crippen LogP contribution in [0.2, 0.25) is 0 Å². The van der Waals surface area contributed by atoms with Gasteiger partial charge in [-0.2, -0.15) is 0 Å². The third-order valence-electron chi connectivity index (χ3n) is 3.49. The highest BCUT2D eigenvalue weighted by molar-refractivity contribution is 6.03. The van der Waals surface area contributed by atoms with E-state index in [9.17, 15) is 19.8 Å². The first-order chi connectivity index (χ1) is 10.9. The third-order valence-corrected chi connectivity index (χ3v) is 3.49.